The lowest BCUT2D eigenvalue weighted by Gasteiger charge is -2.16. The van der Waals surface area contributed by atoms with E-state index in [9.17, 15) is 0 Å². The second-order valence-electron chi connectivity index (χ2n) is 7.46. The van der Waals surface area contributed by atoms with Crippen LogP contribution in [0.2, 0.25) is 0 Å². The molecule has 0 saturated heterocycles. The van der Waals surface area contributed by atoms with E-state index in [1.54, 1.807) is 6.20 Å². The maximum Gasteiger partial charge on any atom is 0.138 e. The van der Waals surface area contributed by atoms with E-state index in [0.29, 0.717) is 6.61 Å². The van der Waals surface area contributed by atoms with E-state index >= 15 is 0 Å². The number of nitrogens with zero attached hydrogens (tertiary/aromatic N) is 2. The van der Waals surface area contributed by atoms with Gasteiger partial charge in [-0.25, -0.2) is 0 Å². The largest absolute Gasteiger partial charge is 0.490 e. The summed E-state index contributed by atoms with van der Waals surface area (Å²) < 4.78 is 5.95. The van der Waals surface area contributed by atoms with Crippen LogP contribution in [0.25, 0.3) is 11.6 Å². The van der Waals surface area contributed by atoms with Crippen LogP contribution >= 0.6 is 11.6 Å². The molecular formula is C27H35ClN4O. The SMILES string of the molecule is C#C.C=C/C(CC(N)COc1cncc(C2=Cc3c(n[nH]c3C)CC=C2)c1)=C(/C)CC.CCl. The molecular weight excluding hydrogens is 432 g/mol. The van der Waals surface area contributed by atoms with E-state index in [2.05, 4.69) is 78.3 Å². The molecule has 3 N–H and O–H groups in total. The normalized spacial score (nSPS) is 13.5. The molecule has 1 atom stereocenters. The fraction of sp³-hybridized carbons (Fsp3) is 0.333. The van der Waals surface area contributed by atoms with Gasteiger partial charge in [-0.1, -0.05) is 37.3 Å². The zero-order valence-electron chi connectivity index (χ0n) is 20.1. The number of hydrogen-bond donors (Lipinski definition) is 2. The summed E-state index contributed by atoms with van der Waals surface area (Å²) in [6.45, 7) is 10.6. The van der Waals surface area contributed by atoms with Crippen LogP contribution in [0.4, 0.5) is 0 Å². The molecule has 2 heterocycles. The standard InChI is InChI=1S/C24H30N4O.C2H2.CH3Cl/c1-5-16(3)18(6-2)10-21(25)15-29-22-11-20(13-26-14-22)19-8-7-9-24-23(12-19)17(4)27-28-24;2*1-2/h6-8,11-14,21H,2,5,9-10,15,25H2,1,3-4H3,(H,27,28);1-2H;1H3/b18-16+;;. The summed E-state index contributed by atoms with van der Waals surface area (Å²) in [5, 5.41) is 7.44. The predicted molar refractivity (Wildman–Crippen MR) is 141 cm³/mol. The number of aromatic amines is 1. The molecule has 0 saturated carbocycles. The summed E-state index contributed by atoms with van der Waals surface area (Å²) in [4.78, 5) is 4.36. The summed E-state index contributed by atoms with van der Waals surface area (Å²) in [6.07, 6.45) is 23.9. The molecule has 3 rings (SSSR count). The zero-order valence-corrected chi connectivity index (χ0v) is 20.8. The van der Waals surface area contributed by atoms with Gasteiger partial charge in [-0.05, 0) is 50.0 Å². The van der Waals surface area contributed by atoms with Gasteiger partial charge in [-0.15, -0.1) is 24.4 Å². The molecule has 0 fully saturated rings. The van der Waals surface area contributed by atoms with Crippen LogP contribution in [0.1, 0.15) is 49.2 Å². The molecule has 1 aliphatic carbocycles. The lowest BCUT2D eigenvalue weighted by atomic mass is 10.0. The number of nitrogens with one attached hydrogen (secondary N) is 1. The number of allylic oxidation sites excluding steroid dienone is 5. The van der Waals surface area contributed by atoms with Crippen LogP contribution < -0.4 is 10.5 Å². The summed E-state index contributed by atoms with van der Waals surface area (Å²) in [5.41, 5.74) is 14.2. The fourth-order valence-electron chi connectivity index (χ4n) is 3.38. The Morgan fingerprint density at radius 2 is 2.09 bits per heavy atom. The minimum absolute atomic E-state index is 0.0960. The Kier molecular flexibility index (Phi) is 12.6. The minimum Gasteiger partial charge on any atom is -0.490 e. The second-order valence-corrected chi connectivity index (χ2v) is 7.46. The molecule has 0 amide bonds. The number of hydrogen-bond acceptors (Lipinski definition) is 4. The van der Waals surface area contributed by atoms with Crippen molar-refractivity contribution in [1.29, 1.82) is 0 Å². The molecule has 0 spiro atoms. The van der Waals surface area contributed by atoms with Crippen LogP contribution in [0, 0.1) is 19.8 Å². The van der Waals surface area contributed by atoms with Crippen molar-refractivity contribution < 1.29 is 4.74 Å². The minimum atomic E-state index is -0.0960. The van der Waals surface area contributed by atoms with Gasteiger partial charge in [0.2, 0.25) is 0 Å². The van der Waals surface area contributed by atoms with Crippen molar-refractivity contribution in [3.63, 3.8) is 0 Å². The third-order valence-electron chi connectivity index (χ3n) is 5.30. The van der Waals surface area contributed by atoms with Gasteiger partial charge in [0.15, 0.2) is 0 Å². The van der Waals surface area contributed by atoms with Crippen molar-refractivity contribution >= 4 is 23.3 Å². The number of aryl methyl sites for hydroxylation is 1. The first-order chi connectivity index (χ1) is 16.0. The molecule has 0 aromatic carbocycles. The summed E-state index contributed by atoms with van der Waals surface area (Å²) in [5.74, 6) is 0.719. The highest BCUT2D eigenvalue weighted by atomic mass is 35.5. The smallest absolute Gasteiger partial charge is 0.138 e. The van der Waals surface area contributed by atoms with Gasteiger partial charge in [0, 0.05) is 41.9 Å². The van der Waals surface area contributed by atoms with Crippen LogP contribution in [-0.4, -0.2) is 34.2 Å². The topological polar surface area (TPSA) is 76.8 Å². The van der Waals surface area contributed by atoms with Crippen molar-refractivity contribution in [1.82, 2.24) is 15.2 Å². The molecule has 5 nitrogen and oxygen atoms in total. The van der Waals surface area contributed by atoms with E-state index in [-0.39, 0.29) is 6.04 Å². The fourth-order valence-corrected chi connectivity index (χ4v) is 3.38. The number of fused-ring (bicyclic) bond motifs is 1. The quantitative estimate of drug-likeness (QED) is 0.289. The van der Waals surface area contributed by atoms with Crippen molar-refractivity contribution in [2.45, 2.75) is 46.1 Å². The van der Waals surface area contributed by atoms with E-state index in [0.717, 1.165) is 53.1 Å². The average Bonchev–Trinajstić information content (AvgIpc) is 3.07. The molecule has 2 aromatic rings. The van der Waals surface area contributed by atoms with Crippen LogP contribution in [0.3, 0.4) is 0 Å². The van der Waals surface area contributed by atoms with Crippen molar-refractivity contribution in [2.75, 3.05) is 13.0 Å². The number of nitrogens with two attached hydrogens (primary N) is 1. The third kappa shape index (κ3) is 8.09. The monoisotopic (exact) mass is 466 g/mol. The Morgan fingerprint density at radius 1 is 1.36 bits per heavy atom. The van der Waals surface area contributed by atoms with Crippen molar-refractivity contribution in [2.24, 2.45) is 5.73 Å². The van der Waals surface area contributed by atoms with Gasteiger partial charge in [-0.2, -0.15) is 5.10 Å². The van der Waals surface area contributed by atoms with E-state index in [1.165, 1.54) is 17.5 Å². The Labute approximate surface area is 203 Å². The van der Waals surface area contributed by atoms with Gasteiger partial charge in [-0.3, -0.25) is 10.1 Å². The van der Waals surface area contributed by atoms with Gasteiger partial charge in [0.1, 0.15) is 12.4 Å². The predicted octanol–water partition coefficient (Wildman–Crippen LogP) is 5.88. The number of halogens is 1. The number of terminal acetylenes is 1. The maximum absolute atomic E-state index is 6.29. The highest BCUT2D eigenvalue weighted by Crippen LogP contribution is 2.27. The molecule has 176 valence electrons. The second kappa shape index (κ2) is 14.9. The number of aromatic nitrogens is 3. The molecule has 0 radical (unpaired) electrons. The first kappa shape index (κ1) is 28.0. The number of H-pyrrole nitrogens is 1. The highest BCUT2D eigenvalue weighted by molar-refractivity contribution is 6.15. The summed E-state index contributed by atoms with van der Waals surface area (Å²) in [7, 11) is 0. The van der Waals surface area contributed by atoms with Gasteiger partial charge in [0.25, 0.3) is 0 Å². The van der Waals surface area contributed by atoms with Crippen LogP contribution in [-0.2, 0) is 6.42 Å². The number of alkyl halides is 1. The molecule has 6 heteroatoms. The number of ether oxygens (including phenoxy) is 1. The summed E-state index contributed by atoms with van der Waals surface area (Å²) in [6, 6.07) is 1.92. The molecule has 0 aliphatic heterocycles. The zero-order chi connectivity index (χ0) is 24.8. The van der Waals surface area contributed by atoms with Crippen molar-refractivity contribution in [3.05, 3.63) is 76.9 Å². The Hall–Kier alpha value is -3.07. The van der Waals surface area contributed by atoms with Crippen LogP contribution in [0.15, 0.2) is 54.4 Å². The third-order valence-corrected chi connectivity index (χ3v) is 5.30. The van der Waals surface area contributed by atoms with Gasteiger partial charge < -0.3 is 10.5 Å². The van der Waals surface area contributed by atoms with Gasteiger partial charge >= 0.3 is 0 Å². The molecule has 1 aliphatic rings. The highest BCUT2D eigenvalue weighted by Gasteiger charge is 2.13. The number of rotatable bonds is 8. The average molecular weight is 467 g/mol. The first-order valence-corrected chi connectivity index (χ1v) is 11.6. The van der Waals surface area contributed by atoms with Gasteiger partial charge in [0.05, 0.1) is 11.9 Å². The molecule has 1 unspecified atom stereocenters. The first-order valence-electron chi connectivity index (χ1n) is 10.8. The Balaban J connectivity index is 0.00000129. The van der Waals surface area contributed by atoms with Crippen molar-refractivity contribution in [3.8, 4) is 18.6 Å². The Morgan fingerprint density at radius 3 is 2.76 bits per heavy atom. The van der Waals surface area contributed by atoms with E-state index in [4.69, 9.17) is 10.5 Å². The maximum atomic E-state index is 6.29. The summed E-state index contributed by atoms with van der Waals surface area (Å²) >= 11 is 4.64. The lowest BCUT2D eigenvalue weighted by Crippen LogP contribution is -2.28. The van der Waals surface area contributed by atoms with Crippen LogP contribution in [0.5, 0.6) is 5.75 Å². The molecule has 2 aromatic heterocycles. The lowest BCUT2D eigenvalue weighted by molar-refractivity contribution is 0.286. The number of pyridine rings is 1. The van der Waals surface area contributed by atoms with E-state index in [1.807, 2.05) is 25.3 Å². The molecule has 33 heavy (non-hydrogen) atoms. The molecule has 0 bridgehead atoms. The Bertz CT molecular complexity index is 1010. The van der Waals surface area contributed by atoms with E-state index < -0.39 is 0 Å².